The van der Waals surface area contributed by atoms with Crippen LogP contribution in [0.4, 0.5) is 0 Å². The molecule has 0 atom stereocenters. The van der Waals surface area contributed by atoms with Gasteiger partial charge in [0.05, 0.1) is 0 Å². The van der Waals surface area contributed by atoms with Crippen molar-refractivity contribution in [3.8, 4) is 67.3 Å². The summed E-state index contributed by atoms with van der Waals surface area (Å²) in [5.41, 5.74) is 15.2. The molecule has 260 valence electrons. The van der Waals surface area contributed by atoms with Crippen LogP contribution in [-0.4, -0.2) is 15.0 Å². The van der Waals surface area contributed by atoms with E-state index in [2.05, 4.69) is 153 Å². The first-order valence-electron chi connectivity index (χ1n) is 19.0. The fraction of sp³-hybridized carbons (Fsp3) is 0.0962. The summed E-state index contributed by atoms with van der Waals surface area (Å²) in [4.78, 5) is 14.8. The first-order valence-corrected chi connectivity index (χ1v) is 19.0. The topological polar surface area (TPSA) is 38.7 Å². The lowest BCUT2D eigenvalue weighted by molar-refractivity contribution is 0.660. The molecule has 55 heavy (non-hydrogen) atoms. The molecule has 0 amide bonds. The fourth-order valence-electron chi connectivity index (χ4n) is 8.26. The minimum Gasteiger partial charge on any atom is -0.208 e. The van der Waals surface area contributed by atoms with Gasteiger partial charge in [-0.05, 0) is 98.0 Å². The Kier molecular flexibility index (Phi) is 7.86. The first kappa shape index (κ1) is 32.7. The second-order valence-electron chi connectivity index (χ2n) is 15.0. The molecule has 0 aliphatic heterocycles. The van der Waals surface area contributed by atoms with Gasteiger partial charge in [0.1, 0.15) is 0 Å². The van der Waals surface area contributed by atoms with Crippen LogP contribution in [0.3, 0.4) is 0 Å². The zero-order valence-electron chi connectivity index (χ0n) is 30.8. The lowest BCUT2D eigenvalue weighted by Crippen LogP contribution is -2.14. The molecule has 0 N–H and O–H groups in total. The number of rotatable bonds is 6. The van der Waals surface area contributed by atoms with E-state index >= 15 is 0 Å². The standard InChI is InChI=1S/C52H37N3/c1-52(2)47-22-10-9-20-45(47)46-30-28-41(33-48(46)52)39-18-11-17-38(31-39)40-27-29-44-42(32-40)19-12-21-43(44)34-23-25-37(26-24-34)51-54-49(35-13-5-3-6-14-35)53-50(55-51)36-15-7-4-8-16-36/h3,5-7,9-10,12-16,18-33H,4,8H2,1-2H3. The summed E-state index contributed by atoms with van der Waals surface area (Å²) >= 11 is 0. The van der Waals surface area contributed by atoms with Gasteiger partial charge in [0, 0.05) is 27.7 Å². The lowest BCUT2D eigenvalue weighted by atomic mass is 9.81. The number of aromatic nitrogens is 3. The largest absolute Gasteiger partial charge is 0.208 e. The van der Waals surface area contributed by atoms with Gasteiger partial charge < -0.3 is 0 Å². The van der Waals surface area contributed by atoms with Crippen LogP contribution in [0.15, 0.2) is 164 Å². The Labute approximate surface area is 322 Å². The summed E-state index contributed by atoms with van der Waals surface area (Å²) in [5, 5.41) is 2.38. The van der Waals surface area contributed by atoms with E-state index < -0.39 is 0 Å². The quantitative estimate of drug-likeness (QED) is 0.173. The summed E-state index contributed by atoms with van der Waals surface area (Å²) in [6, 6.07) is 58.7. The summed E-state index contributed by atoms with van der Waals surface area (Å²) in [6.45, 7) is 4.66. The van der Waals surface area contributed by atoms with Crippen molar-refractivity contribution in [3.05, 3.63) is 193 Å². The highest BCUT2D eigenvalue weighted by atomic mass is 15.0. The molecule has 10 rings (SSSR count). The molecule has 1 aromatic heterocycles. The van der Waals surface area contributed by atoms with E-state index in [1.165, 1.54) is 44.2 Å². The van der Waals surface area contributed by atoms with Gasteiger partial charge in [-0.3, -0.25) is 0 Å². The Morgan fingerprint density at radius 2 is 1.20 bits per heavy atom. The van der Waals surface area contributed by atoms with E-state index in [0.717, 1.165) is 51.8 Å². The SMILES string of the molecule is CC1(C)c2ccccc2-c2ccc(-c3cc#cc(-c4ccc5c(-c6ccc(-c7nc(C8=CCCC=C8)nc(-c8ccccc8)n7)cc6)cccc5c4)c3)cc21. The van der Waals surface area contributed by atoms with E-state index in [1.807, 2.05) is 36.4 Å². The third-order valence-corrected chi connectivity index (χ3v) is 11.2. The second kappa shape index (κ2) is 13.2. The average Bonchev–Trinajstić information content (AvgIpc) is 3.49. The van der Waals surface area contributed by atoms with Gasteiger partial charge in [-0.15, -0.1) is 0 Å². The van der Waals surface area contributed by atoms with Crippen molar-refractivity contribution in [1.29, 1.82) is 0 Å². The molecule has 0 fully saturated rings. The highest BCUT2D eigenvalue weighted by molar-refractivity contribution is 5.99. The molecule has 0 saturated carbocycles. The van der Waals surface area contributed by atoms with Crippen LogP contribution in [0, 0.1) is 12.1 Å². The number of allylic oxidation sites excluding steroid dienone is 4. The smallest absolute Gasteiger partial charge is 0.164 e. The van der Waals surface area contributed by atoms with Crippen molar-refractivity contribution in [2.45, 2.75) is 32.1 Å². The maximum atomic E-state index is 4.95. The Hall–Kier alpha value is -6.89. The van der Waals surface area contributed by atoms with Crippen molar-refractivity contribution in [1.82, 2.24) is 15.0 Å². The van der Waals surface area contributed by atoms with Crippen LogP contribution in [0.1, 0.15) is 43.6 Å². The molecular weight excluding hydrogens is 667 g/mol. The molecule has 3 nitrogen and oxygen atoms in total. The number of nitrogens with zero attached hydrogens (tertiary/aromatic N) is 3. The van der Waals surface area contributed by atoms with Crippen LogP contribution >= 0.6 is 0 Å². The van der Waals surface area contributed by atoms with Gasteiger partial charge in [-0.1, -0.05) is 166 Å². The molecule has 2 aliphatic rings. The molecule has 0 spiro atoms. The fourth-order valence-corrected chi connectivity index (χ4v) is 8.26. The molecule has 2 aliphatic carbocycles. The summed E-state index contributed by atoms with van der Waals surface area (Å²) in [5.74, 6) is 2.05. The summed E-state index contributed by atoms with van der Waals surface area (Å²) in [7, 11) is 0. The lowest BCUT2D eigenvalue weighted by Gasteiger charge is -2.22. The molecule has 3 heteroatoms. The summed E-state index contributed by atoms with van der Waals surface area (Å²) < 4.78 is 0. The third kappa shape index (κ3) is 5.84. The molecule has 0 radical (unpaired) electrons. The van der Waals surface area contributed by atoms with Gasteiger partial charge in [-0.2, -0.15) is 0 Å². The zero-order chi connectivity index (χ0) is 36.9. The molecule has 0 unspecified atom stereocenters. The Morgan fingerprint density at radius 3 is 2.02 bits per heavy atom. The predicted octanol–water partition coefficient (Wildman–Crippen LogP) is 13.0. The molecule has 7 aromatic carbocycles. The number of hydrogen-bond acceptors (Lipinski definition) is 3. The highest BCUT2D eigenvalue weighted by Crippen LogP contribution is 2.49. The molecule has 0 bridgehead atoms. The van der Waals surface area contributed by atoms with Crippen LogP contribution in [0.25, 0.3) is 83.6 Å². The van der Waals surface area contributed by atoms with Gasteiger partial charge in [0.25, 0.3) is 0 Å². The second-order valence-corrected chi connectivity index (χ2v) is 15.0. The summed E-state index contributed by atoms with van der Waals surface area (Å²) in [6.07, 6.45) is 8.55. The van der Waals surface area contributed by atoms with Crippen LogP contribution in [0.2, 0.25) is 0 Å². The van der Waals surface area contributed by atoms with Crippen molar-refractivity contribution >= 4 is 16.3 Å². The van der Waals surface area contributed by atoms with Crippen molar-refractivity contribution in [3.63, 3.8) is 0 Å². The van der Waals surface area contributed by atoms with E-state index in [4.69, 9.17) is 15.0 Å². The Balaban J connectivity index is 0.960. The normalized spacial score (nSPS) is 13.9. The van der Waals surface area contributed by atoms with Crippen molar-refractivity contribution in [2.24, 2.45) is 0 Å². The predicted molar refractivity (Wildman–Crippen MR) is 226 cm³/mol. The van der Waals surface area contributed by atoms with E-state index in [-0.39, 0.29) is 5.41 Å². The number of fused-ring (bicyclic) bond motifs is 4. The minimum atomic E-state index is -0.0433. The Morgan fingerprint density at radius 1 is 0.509 bits per heavy atom. The van der Waals surface area contributed by atoms with Crippen molar-refractivity contribution in [2.75, 3.05) is 0 Å². The number of hydrogen-bond donors (Lipinski definition) is 0. The molecule has 1 heterocycles. The van der Waals surface area contributed by atoms with Gasteiger partial charge in [0.2, 0.25) is 0 Å². The van der Waals surface area contributed by atoms with Crippen molar-refractivity contribution < 1.29 is 0 Å². The van der Waals surface area contributed by atoms with Crippen LogP contribution in [0.5, 0.6) is 0 Å². The van der Waals surface area contributed by atoms with E-state index in [1.54, 1.807) is 0 Å². The van der Waals surface area contributed by atoms with E-state index in [0.29, 0.717) is 17.5 Å². The van der Waals surface area contributed by atoms with E-state index in [9.17, 15) is 0 Å². The van der Waals surface area contributed by atoms with Gasteiger partial charge in [0.15, 0.2) is 17.5 Å². The maximum Gasteiger partial charge on any atom is 0.164 e. The first-order chi connectivity index (χ1) is 27.0. The Bertz CT molecular complexity index is 2830. The molecular formula is C52H37N3. The zero-order valence-corrected chi connectivity index (χ0v) is 30.8. The average molecular weight is 704 g/mol. The molecule has 0 saturated heterocycles. The maximum absolute atomic E-state index is 4.95. The third-order valence-electron chi connectivity index (χ3n) is 11.2. The van der Waals surface area contributed by atoms with Crippen LogP contribution < -0.4 is 0 Å². The van der Waals surface area contributed by atoms with Crippen LogP contribution in [-0.2, 0) is 5.41 Å². The minimum absolute atomic E-state index is 0.0433. The highest BCUT2D eigenvalue weighted by Gasteiger charge is 2.35. The monoisotopic (exact) mass is 703 g/mol. The van der Waals surface area contributed by atoms with Gasteiger partial charge in [-0.25, -0.2) is 15.0 Å². The number of benzene rings is 6. The molecule has 8 aromatic rings. The van der Waals surface area contributed by atoms with Gasteiger partial charge >= 0.3 is 0 Å².